The third kappa shape index (κ3) is 2.42. The van der Waals surface area contributed by atoms with Crippen LogP contribution in [0.15, 0.2) is 47.3 Å². The molecule has 4 heterocycles. The predicted octanol–water partition coefficient (Wildman–Crippen LogP) is 1.52. The number of carbonyl (C=O) groups is 1. The van der Waals surface area contributed by atoms with Crippen molar-refractivity contribution in [3.05, 3.63) is 64.2 Å². The lowest BCUT2D eigenvalue weighted by Crippen LogP contribution is -2.51. The molecule has 0 unspecified atom stereocenters. The fourth-order valence-electron chi connectivity index (χ4n) is 4.72. The van der Waals surface area contributed by atoms with Crippen molar-refractivity contribution in [3.63, 3.8) is 0 Å². The van der Waals surface area contributed by atoms with E-state index in [1.54, 1.807) is 10.6 Å². The SMILES string of the molecule is O=C(c1n[nH]c2ccccc12)N1C[C@H]2C[C@@H](C1)[C@H](CO)n1c2cccc1=O. The lowest BCUT2D eigenvalue weighted by Gasteiger charge is -2.46. The summed E-state index contributed by atoms with van der Waals surface area (Å²) in [6.07, 6.45) is 0.875. The fourth-order valence-corrected chi connectivity index (χ4v) is 4.72. The first-order valence-corrected chi connectivity index (χ1v) is 9.22. The standard InChI is InChI=1S/C20H20N4O3/c25-11-17-13-8-12(16-6-3-7-18(26)24(16)17)9-23(10-13)20(27)19-14-4-1-2-5-15(14)21-22-19/h1-7,12-13,17,25H,8-11H2,(H,21,22)/t12-,13+,17+/m1/s1. The van der Waals surface area contributed by atoms with Crippen LogP contribution < -0.4 is 5.56 Å². The number of H-pyrrole nitrogens is 1. The van der Waals surface area contributed by atoms with Crippen molar-refractivity contribution >= 4 is 16.8 Å². The lowest BCUT2D eigenvalue weighted by atomic mass is 9.78. The number of aromatic nitrogens is 3. The van der Waals surface area contributed by atoms with Crippen molar-refractivity contribution in [1.82, 2.24) is 19.7 Å². The molecule has 2 N–H and O–H groups in total. The predicted molar refractivity (Wildman–Crippen MR) is 99.7 cm³/mol. The van der Waals surface area contributed by atoms with Gasteiger partial charge in [-0.2, -0.15) is 5.10 Å². The normalized spacial score (nSPS) is 24.0. The summed E-state index contributed by atoms with van der Waals surface area (Å²) in [5.74, 6) is 0.0377. The van der Waals surface area contributed by atoms with E-state index in [1.807, 2.05) is 35.2 Å². The Morgan fingerprint density at radius 2 is 2.04 bits per heavy atom. The van der Waals surface area contributed by atoms with E-state index in [1.165, 1.54) is 6.07 Å². The van der Waals surface area contributed by atoms with Gasteiger partial charge in [-0.1, -0.05) is 24.3 Å². The number of pyridine rings is 1. The van der Waals surface area contributed by atoms with Crippen LogP contribution in [0.4, 0.5) is 0 Å². The molecule has 3 atom stereocenters. The number of nitrogens with zero attached hydrogens (tertiary/aromatic N) is 3. The molecule has 2 aliphatic heterocycles. The Morgan fingerprint density at radius 3 is 2.89 bits per heavy atom. The highest BCUT2D eigenvalue weighted by molar-refractivity contribution is 6.04. The highest BCUT2D eigenvalue weighted by Gasteiger charge is 2.42. The monoisotopic (exact) mass is 364 g/mol. The van der Waals surface area contributed by atoms with E-state index in [9.17, 15) is 14.7 Å². The third-order valence-electron chi connectivity index (χ3n) is 5.95. The van der Waals surface area contributed by atoms with E-state index in [4.69, 9.17) is 0 Å². The first-order valence-electron chi connectivity index (χ1n) is 9.22. The number of carbonyl (C=O) groups excluding carboxylic acids is 1. The summed E-state index contributed by atoms with van der Waals surface area (Å²) in [7, 11) is 0. The van der Waals surface area contributed by atoms with Crippen LogP contribution in [0.3, 0.4) is 0 Å². The zero-order valence-corrected chi connectivity index (χ0v) is 14.7. The average Bonchev–Trinajstić information content (AvgIpc) is 3.12. The van der Waals surface area contributed by atoms with Crippen molar-refractivity contribution in [1.29, 1.82) is 0 Å². The number of aromatic amines is 1. The molecule has 2 bridgehead atoms. The Labute approximate surface area is 155 Å². The van der Waals surface area contributed by atoms with E-state index in [0.717, 1.165) is 23.0 Å². The number of hydrogen-bond acceptors (Lipinski definition) is 4. The molecule has 7 heteroatoms. The second kappa shape index (κ2) is 6.06. The van der Waals surface area contributed by atoms with Crippen molar-refractivity contribution in [2.45, 2.75) is 18.4 Å². The van der Waals surface area contributed by atoms with Crippen LogP contribution in [-0.2, 0) is 0 Å². The molecule has 2 aromatic heterocycles. The summed E-state index contributed by atoms with van der Waals surface area (Å²) in [6, 6.07) is 12.5. The molecule has 0 aliphatic carbocycles. The molecule has 138 valence electrons. The molecule has 0 radical (unpaired) electrons. The molecule has 0 spiro atoms. The van der Waals surface area contributed by atoms with E-state index in [2.05, 4.69) is 10.2 Å². The van der Waals surface area contributed by atoms with Crippen LogP contribution in [0.2, 0.25) is 0 Å². The number of fused-ring (bicyclic) bond motifs is 5. The van der Waals surface area contributed by atoms with Gasteiger partial charge in [-0.05, 0) is 18.6 Å². The number of benzene rings is 1. The van der Waals surface area contributed by atoms with Gasteiger partial charge in [0.1, 0.15) is 0 Å². The molecule has 1 aromatic carbocycles. The molecular weight excluding hydrogens is 344 g/mol. The van der Waals surface area contributed by atoms with Gasteiger partial charge in [0, 0.05) is 42.1 Å². The van der Waals surface area contributed by atoms with Crippen LogP contribution in [0, 0.1) is 5.92 Å². The van der Waals surface area contributed by atoms with E-state index in [0.29, 0.717) is 18.8 Å². The number of hydrogen-bond donors (Lipinski definition) is 2. The van der Waals surface area contributed by atoms with Gasteiger partial charge in [0.05, 0.1) is 18.2 Å². The van der Waals surface area contributed by atoms with E-state index < -0.39 is 0 Å². The molecule has 27 heavy (non-hydrogen) atoms. The number of likely N-dealkylation sites (tertiary alicyclic amines) is 1. The Balaban J connectivity index is 1.53. The third-order valence-corrected chi connectivity index (χ3v) is 5.95. The minimum absolute atomic E-state index is 0.0514. The summed E-state index contributed by atoms with van der Waals surface area (Å²) in [5.41, 5.74) is 2.08. The van der Waals surface area contributed by atoms with Crippen molar-refractivity contribution < 1.29 is 9.90 Å². The Morgan fingerprint density at radius 1 is 1.19 bits per heavy atom. The fraction of sp³-hybridized carbons (Fsp3) is 0.350. The number of nitrogens with one attached hydrogen (secondary N) is 1. The molecule has 1 saturated heterocycles. The number of aliphatic hydroxyl groups is 1. The van der Waals surface area contributed by atoms with Gasteiger partial charge in [-0.25, -0.2) is 0 Å². The van der Waals surface area contributed by atoms with Gasteiger partial charge < -0.3 is 14.6 Å². The molecule has 3 aromatic rings. The molecule has 5 rings (SSSR count). The zero-order valence-electron chi connectivity index (χ0n) is 14.7. The van der Waals surface area contributed by atoms with E-state index in [-0.39, 0.29) is 36.0 Å². The van der Waals surface area contributed by atoms with Gasteiger partial charge in [0.15, 0.2) is 5.69 Å². The maximum Gasteiger partial charge on any atom is 0.275 e. The summed E-state index contributed by atoms with van der Waals surface area (Å²) in [5, 5.41) is 17.9. The summed E-state index contributed by atoms with van der Waals surface area (Å²) >= 11 is 0. The smallest absolute Gasteiger partial charge is 0.275 e. The summed E-state index contributed by atoms with van der Waals surface area (Å²) in [6.45, 7) is 0.961. The van der Waals surface area contributed by atoms with Crippen molar-refractivity contribution in [2.24, 2.45) is 5.92 Å². The van der Waals surface area contributed by atoms with Gasteiger partial charge in [-0.15, -0.1) is 0 Å². The Bertz CT molecular complexity index is 1090. The zero-order chi connectivity index (χ0) is 18.5. The minimum Gasteiger partial charge on any atom is -0.394 e. The van der Waals surface area contributed by atoms with Gasteiger partial charge in [0.2, 0.25) is 0 Å². The van der Waals surface area contributed by atoms with Crippen LogP contribution >= 0.6 is 0 Å². The molecule has 0 saturated carbocycles. The number of amides is 1. The number of piperidine rings is 1. The van der Waals surface area contributed by atoms with E-state index >= 15 is 0 Å². The van der Waals surface area contributed by atoms with Crippen LogP contribution in [0.25, 0.3) is 10.9 Å². The topological polar surface area (TPSA) is 91.2 Å². The van der Waals surface area contributed by atoms with Gasteiger partial charge in [0.25, 0.3) is 11.5 Å². The lowest BCUT2D eigenvalue weighted by molar-refractivity contribution is 0.0434. The maximum absolute atomic E-state index is 13.2. The van der Waals surface area contributed by atoms with Gasteiger partial charge >= 0.3 is 0 Å². The van der Waals surface area contributed by atoms with Crippen LogP contribution in [-0.4, -0.2) is 50.4 Å². The maximum atomic E-state index is 13.2. The van der Waals surface area contributed by atoms with Crippen LogP contribution in [0.5, 0.6) is 0 Å². The average molecular weight is 364 g/mol. The molecule has 7 nitrogen and oxygen atoms in total. The number of rotatable bonds is 2. The molecule has 1 fully saturated rings. The van der Waals surface area contributed by atoms with Gasteiger partial charge in [-0.3, -0.25) is 14.7 Å². The second-order valence-corrected chi connectivity index (χ2v) is 7.43. The largest absolute Gasteiger partial charge is 0.394 e. The molecule has 2 aliphatic rings. The second-order valence-electron chi connectivity index (χ2n) is 7.43. The molecule has 1 amide bonds. The Hall–Kier alpha value is -2.93. The highest BCUT2D eigenvalue weighted by atomic mass is 16.3. The first-order chi connectivity index (χ1) is 13.2. The minimum atomic E-state index is -0.295. The summed E-state index contributed by atoms with van der Waals surface area (Å²) in [4.78, 5) is 27.4. The van der Waals surface area contributed by atoms with Crippen LogP contribution in [0.1, 0.15) is 34.6 Å². The number of aliphatic hydroxyl groups excluding tert-OH is 1. The molecular formula is C20H20N4O3. The Kier molecular flexibility index (Phi) is 3.65. The number of para-hydroxylation sites is 1. The highest BCUT2D eigenvalue weighted by Crippen LogP contribution is 2.41. The van der Waals surface area contributed by atoms with Crippen molar-refractivity contribution in [2.75, 3.05) is 19.7 Å². The summed E-state index contributed by atoms with van der Waals surface area (Å²) < 4.78 is 1.73. The van der Waals surface area contributed by atoms with Crippen molar-refractivity contribution in [3.8, 4) is 0 Å². The first kappa shape index (κ1) is 16.3. The quantitative estimate of drug-likeness (QED) is 0.721.